The summed E-state index contributed by atoms with van der Waals surface area (Å²) in [6.45, 7) is 3.79. The van der Waals surface area contributed by atoms with Crippen LogP contribution in [0.25, 0.3) is 0 Å². The fraction of sp³-hybridized carbons (Fsp3) is 0.885. The van der Waals surface area contributed by atoms with Gasteiger partial charge >= 0.3 is 17.9 Å². The van der Waals surface area contributed by atoms with Gasteiger partial charge in [-0.3, -0.25) is 14.4 Å². The molecule has 0 saturated carbocycles. The maximum Gasteiger partial charge on any atom is 0.308 e. The molecule has 0 aromatic carbocycles. The zero-order chi connectivity index (χ0) is 23.9. The van der Waals surface area contributed by atoms with Crippen molar-refractivity contribution in [2.45, 2.75) is 149 Å². The van der Waals surface area contributed by atoms with Gasteiger partial charge in [-0.25, -0.2) is 0 Å². The Balaban J connectivity index is 3.41. The molecule has 0 spiro atoms. The van der Waals surface area contributed by atoms with Gasteiger partial charge < -0.3 is 14.6 Å². The van der Waals surface area contributed by atoms with E-state index in [0.717, 1.165) is 19.3 Å². The molecule has 0 heterocycles. The summed E-state index contributed by atoms with van der Waals surface area (Å²) in [5, 5.41) is 8.55. The highest BCUT2D eigenvalue weighted by molar-refractivity contribution is 5.71. The maximum atomic E-state index is 11.8. The van der Waals surface area contributed by atoms with Gasteiger partial charge in [-0.15, -0.1) is 0 Å². The molecule has 0 fully saturated rings. The van der Waals surface area contributed by atoms with Crippen LogP contribution in [0.4, 0.5) is 0 Å². The number of carbonyl (C=O) groups excluding carboxylic acids is 2. The summed E-state index contributed by atoms with van der Waals surface area (Å²) in [4.78, 5) is 33.9. The summed E-state index contributed by atoms with van der Waals surface area (Å²) < 4.78 is 10.1. The highest BCUT2D eigenvalue weighted by Crippen LogP contribution is 2.14. The van der Waals surface area contributed by atoms with Gasteiger partial charge in [0, 0.05) is 26.2 Å². The summed E-state index contributed by atoms with van der Waals surface area (Å²) in [5.41, 5.74) is 0. The monoisotopic (exact) mass is 456 g/mol. The average molecular weight is 457 g/mol. The van der Waals surface area contributed by atoms with Gasteiger partial charge in [-0.05, 0) is 19.3 Å². The fourth-order valence-corrected chi connectivity index (χ4v) is 3.70. The maximum absolute atomic E-state index is 11.8. The van der Waals surface area contributed by atoms with Gasteiger partial charge in [0.2, 0.25) is 6.29 Å². The molecular weight excluding hydrogens is 408 g/mol. The minimum absolute atomic E-state index is 0.0388. The van der Waals surface area contributed by atoms with Gasteiger partial charge in [-0.1, -0.05) is 96.8 Å². The standard InChI is InChI=1S/C26H48O6/c1-3-4-5-6-7-8-9-10-11-12-13-14-15-16-17-21-25(29)31-23(2)32-26(30)22-19-18-20-24(27)28/h23H,3-22H2,1-2H3,(H,27,28). The van der Waals surface area contributed by atoms with E-state index < -0.39 is 18.2 Å². The third-order valence-corrected chi connectivity index (χ3v) is 5.60. The number of hydrogen-bond acceptors (Lipinski definition) is 5. The summed E-state index contributed by atoms with van der Waals surface area (Å²) in [6, 6.07) is 0. The molecule has 32 heavy (non-hydrogen) atoms. The van der Waals surface area contributed by atoms with E-state index in [1.807, 2.05) is 0 Å². The highest BCUT2D eigenvalue weighted by atomic mass is 16.7. The third kappa shape index (κ3) is 23.1. The Hall–Kier alpha value is -1.59. The van der Waals surface area contributed by atoms with E-state index in [9.17, 15) is 14.4 Å². The van der Waals surface area contributed by atoms with E-state index in [1.54, 1.807) is 0 Å². The molecule has 1 atom stereocenters. The number of unbranched alkanes of at least 4 members (excludes halogenated alkanes) is 15. The van der Waals surface area contributed by atoms with E-state index in [1.165, 1.54) is 84.0 Å². The first kappa shape index (κ1) is 30.4. The number of rotatable bonds is 23. The number of ether oxygens (including phenoxy) is 2. The Morgan fingerprint density at radius 1 is 0.562 bits per heavy atom. The van der Waals surface area contributed by atoms with E-state index in [2.05, 4.69) is 6.92 Å². The Morgan fingerprint density at radius 3 is 1.25 bits per heavy atom. The largest absolute Gasteiger partial charge is 0.481 e. The lowest BCUT2D eigenvalue weighted by atomic mass is 10.0. The van der Waals surface area contributed by atoms with Crippen LogP contribution in [0, 0.1) is 0 Å². The topological polar surface area (TPSA) is 89.9 Å². The molecule has 1 unspecified atom stereocenters. The van der Waals surface area contributed by atoms with E-state index >= 15 is 0 Å². The Kier molecular flexibility index (Phi) is 21.5. The van der Waals surface area contributed by atoms with Crippen molar-refractivity contribution in [2.24, 2.45) is 0 Å². The molecule has 0 aliphatic rings. The van der Waals surface area contributed by atoms with Crippen LogP contribution < -0.4 is 0 Å². The molecule has 0 rings (SSSR count). The van der Waals surface area contributed by atoms with Crippen molar-refractivity contribution in [3.8, 4) is 0 Å². The molecule has 0 aromatic rings. The van der Waals surface area contributed by atoms with Gasteiger partial charge in [-0.2, -0.15) is 0 Å². The molecule has 0 amide bonds. The van der Waals surface area contributed by atoms with Crippen molar-refractivity contribution < 1.29 is 29.0 Å². The molecule has 0 aromatic heterocycles. The molecule has 6 heteroatoms. The predicted molar refractivity (Wildman–Crippen MR) is 127 cm³/mol. The minimum Gasteiger partial charge on any atom is -0.481 e. The van der Waals surface area contributed by atoms with Crippen LogP contribution in [0.5, 0.6) is 0 Å². The lowest BCUT2D eigenvalue weighted by Crippen LogP contribution is -2.21. The summed E-state index contributed by atoms with van der Waals surface area (Å²) in [7, 11) is 0. The van der Waals surface area contributed by atoms with Crippen molar-refractivity contribution in [3.63, 3.8) is 0 Å². The average Bonchev–Trinajstić information content (AvgIpc) is 2.73. The number of hydrogen-bond donors (Lipinski definition) is 1. The number of aliphatic carboxylic acids is 1. The quantitative estimate of drug-likeness (QED) is 0.0983. The first-order valence-corrected chi connectivity index (χ1v) is 13.1. The number of esters is 2. The van der Waals surface area contributed by atoms with Gasteiger partial charge in [0.05, 0.1) is 0 Å². The molecule has 0 radical (unpaired) electrons. The first-order chi connectivity index (χ1) is 15.5. The van der Waals surface area contributed by atoms with Crippen LogP contribution in [0.15, 0.2) is 0 Å². The van der Waals surface area contributed by atoms with Crippen LogP contribution in [-0.4, -0.2) is 29.3 Å². The van der Waals surface area contributed by atoms with Gasteiger partial charge in [0.25, 0.3) is 0 Å². The Labute approximate surface area is 195 Å². The van der Waals surface area contributed by atoms with Crippen molar-refractivity contribution in [1.82, 2.24) is 0 Å². The second kappa shape index (κ2) is 22.6. The second-order valence-corrected chi connectivity index (χ2v) is 8.85. The van der Waals surface area contributed by atoms with E-state index in [0.29, 0.717) is 19.3 Å². The van der Waals surface area contributed by atoms with Crippen LogP contribution in [0.3, 0.4) is 0 Å². The van der Waals surface area contributed by atoms with Gasteiger partial charge in [0.1, 0.15) is 0 Å². The molecule has 6 nitrogen and oxygen atoms in total. The van der Waals surface area contributed by atoms with Crippen LogP contribution in [-0.2, 0) is 23.9 Å². The highest BCUT2D eigenvalue weighted by Gasteiger charge is 2.14. The lowest BCUT2D eigenvalue weighted by molar-refractivity contribution is -0.184. The molecule has 0 aliphatic carbocycles. The second-order valence-electron chi connectivity index (χ2n) is 8.85. The summed E-state index contributed by atoms with van der Waals surface area (Å²) >= 11 is 0. The van der Waals surface area contributed by atoms with Crippen LogP contribution in [0.1, 0.15) is 142 Å². The number of carboxylic acid groups (broad SMARTS) is 1. The molecule has 1 N–H and O–H groups in total. The summed E-state index contributed by atoms with van der Waals surface area (Å²) in [5.74, 6) is -1.69. The number of carboxylic acids is 1. The minimum atomic E-state index is -0.897. The van der Waals surface area contributed by atoms with Crippen LogP contribution >= 0.6 is 0 Å². The first-order valence-electron chi connectivity index (χ1n) is 13.1. The SMILES string of the molecule is CCCCCCCCCCCCCCCCCC(=O)OC(C)OC(=O)CCCCC(=O)O. The van der Waals surface area contributed by atoms with Crippen molar-refractivity contribution in [2.75, 3.05) is 0 Å². The van der Waals surface area contributed by atoms with Crippen molar-refractivity contribution in [1.29, 1.82) is 0 Å². The summed E-state index contributed by atoms with van der Waals surface area (Å²) in [6.07, 6.45) is 19.7. The zero-order valence-corrected chi connectivity index (χ0v) is 20.7. The smallest absolute Gasteiger partial charge is 0.308 e. The van der Waals surface area contributed by atoms with Crippen LogP contribution in [0.2, 0.25) is 0 Å². The molecular formula is C26H48O6. The zero-order valence-electron chi connectivity index (χ0n) is 20.7. The number of carbonyl (C=O) groups is 3. The van der Waals surface area contributed by atoms with Crippen molar-refractivity contribution in [3.05, 3.63) is 0 Å². The van der Waals surface area contributed by atoms with Crippen molar-refractivity contribution >= 4 is 17.9 Å². The Morgan fingerprint density at radius 2 is 0.875 bits per heavy atom. The predicted octanol–water partition coefficient (Wildman–Crippen LogP) is 7.33. The lowest BCUT2D eigenvalue weighted by Gasteiger charge is -2.14. The molecule has 188 valence electrons. The fourth-order valence-electron chi connectivity index (χ4n) is 3.70. The normalized spacial score (nSPS) is 11.8. The molecule has 0 saturated heterocycles. The molecule has 0 bridgehead atoms. The Bertz CT molecular complexity index is 477. The van der Waals surface area contributed by atoms with E-state index in [4.69, 9.17) is 14.6 Å². The van der Waals surface area contributed by atoms with Gasteiger partial charge in [0.15, 0.2) is 0 Å². The van der Waals surface area contributed by atoms with E-state index in [-0.39, 0.29) is 18.8 Å². The molecule has 0 aliphatic heterocycles. The third-order valence-electron chi connectivity index (χ3n) is 5.60.